The monoisotopic (exact) mass is 249 g/mol. The maximum absolute atomic E-state index is 12.2. The fourth-order valence-corrected chi connectivity index (χ4v) is 2.10. The lowest BCUT2D eigenvalue weighted by molar-refractivity contribution is -0.657. The van der Waals surface area contributed by atoms with Gasteiger partial charge in [0.05, 0.1) is 6.20 Å². The van der Waals surface area contributed by atoms with Gasteiger partial charge in [-0.3, -0.25) is 4.79 Å². The van der Waals surface area contributed by atoms with E-state index in [4.69, 9.17) is 0 Å². The van der Waals surface area contributed by atoms with Crippen LogP contribution in [0.1, 0.15) is 10.4 Å². The van der Waals surface area contributed by atoms with Crippen LogP contribution in [0.4, 0.5) is 0 Å². The number of nitrogens with zero attached hydrogens (tertiary/aromatic N) is 2. The number of ketones is 1. The van der Waals surface area contributed by atoms with Crippen LogP contribution in [0.3, 0.4) is 0 Å². The number of hydrogen-bond donors (Lipinski definition) is 0. The van der Waals surface area contributed by atoms with Gasteiger partial charge in [0.25, 0.3) is 0 Å². The van der Waals surface area contributed by atoms with Gasteiger partial charge in [-0.05, 0) is 6.07 Å². The Morgan fingerprint density at radius 1 is 1.00 bits per heavy atom. The summed E-state index contributed by atoms with van der Waals surface area (Å²) in [7, 11) is 0. The number of carbonyl (C=O) groups is 1. The predicted octanol–water partition coefficient (Wildman–Crippen LogP) is 2.41. The molecule has 1 aromatic heterocycles. The van der Waals surface area contributed by atoms with Crippen LogP contribution in [0, 0.1) is 0 Å². The van der Waals surface area contributed by atoms with Gasteiger partial charge in [-0.2, -0.15) is 4.57 Å². The van der Waals surface area contributed by atoms with Crippen molar-refractivity contribution in [3.05, 3.63) is 72.6 Å². The van der Waals surface area contributed by atoms with Crippen LogP contribution in [0.2, 0.25) is 0 Å². The maximum atomic E-state index is 12.2. The summed E-state index contributed by atoms with van der Waals surface area (Å²) in [6, 6.07) is 17.2. The summed E-state index contributed by atoms with van der Waals surface area (Å²) in [5.74, 6) is 0.0990. The van der Waals surface area contributed by atoms with Crippen molar-refractivity contribution in [1.82, 2.24) is 4.98 Å². The van der Waals surface area contributed by atoms with Crippen LogP contribution in [0.5, 0.6) is 0 Å². The van der Waals surface area contributed by atoms with E-state index >= 15 is 0 Å². The topological polar surface area (TPSA) is 33.8 Å². The highest BCUT2D eigenvalue weighted by molar-refractivity contribution is 5.95. The number of hydrogen-bond acceptors (Lipinski definition) is 2. The van der Waals surface area contributed by atoms with Crippen LogP contribution in [0.25, 0.3) is 11.0 Å². The summed E-state index contributed by atoms with van der Waals surface area (Å²) in [6.45, 7) is 0.326. The molecule has 0 aliphatic rings. The SMILES string of the molecule is O=C(C[n+]1ccnc2ccccc21)c1ccccc1. The number of aromatic nitrogens is 2. The molecule has 0 amide bonds. The molecule has 0 N–H and O–H groups in total. The summed E-state index contributed by atoms with van der Waals surface area (Å²) in [4.78, 5) is 16.5. The van der Waals surface area contributed by atoms with E-state index in [1.54, 1.807) is 6.20 Å². The van der Waals surface area contributed by atoms with Crippen molar-refractivity contribution in [2.24, 2.45) is 0 Å². The normalized spacial score (nSPS) is 10.5. The smallest absolute Gasteiger partial charge is 0.231 e. The number of carbonyl (C=O) groups excluding carboxylic acids is 1. The van der Waals surface area contributed by atoms with Gasteiger partial charge < -0.3 is 0 Å². The Bertz CT molecular complexity index is 718. The summed E-state index contributed by atoms with van der Waals surface area (Å²) >= 11 is 0. The number of para-hydroxylation sites is 2. The Kier molecular flexibility index (Phi) is 3.02. The van der Waals surface area contributed by atoms with E-state index in [1.165, 1.54) is 0 Å². The molecule has 0 atom stereocenters. The van der Waals surface area contributed by atoms with Gasteiger partial charge in [-0.1, -0.05) is 42.5 Å². The highest BCUT2D eigenvalue weighted by Gasteiger charge is 2.14. The first-order chi connectivity index (χ1) is 9.34. The Balaban J connectivity index is 1.96. The van der Waals surface area contributed by atoms with Crippen LogP contribution >= 0.6 is 0 Å². The molecule has 0 saturated heterocycles. The molecule has 0 saturated carbocycles. The molecule has 3 nitrogen and oxygen atoms in total. The van der Waals surface area contributed by atoms with Crippen molar-refractivity contribution in [3.8, 4) is 0 Å². The molecule has 0 fully saturated rings. The Morgan fingerprint density at radius 3 is 2.58 bits per heavy atom. The highest BCUT2D eigenvalue weighted by Crippen LogP contribution is 2.06. The molecular weight excluding hydrogens is 236 g/mol. The first-order valence-electron chi connectivity index (χ1n) is 6.16. The van der Waals surface area contributed by atoms with E-state index < -0.39 is 0 Å². The van der Waals surface area contributed by atoms with Crippen LogP contribution in [-0.2, 0) is 6.54 Å². The molecular formula is C16H13N2O+. The molecule has 0 spiro atoms. The lowest BCUT2D eigenvalue weighted by Gasteiger charge is -2.00. The van der Waals surface area contributed by atoms with E-state index in [9.17, 15) is 4.79 Å². The van der Waals surface area contributed by atoms with E-state index in [0.717, 1.165) is 16.6 Å². The third kappa shape index (κ3) is 2.36. The molecule has 92 valence electrons. The van der Waals surface area contributed by atoms with Crippen LogP contribution in [-0.4, -0.2) is 10.8 Å². The van der Waals surface area contributed by atoms with E-state index in [-0.39, 0.29) is 5.78 Å². The summed E-state index contributed by atoms with van der Waals surface area (Å²) in [5, 5.41) is 0. The maximum Gasteiger partial charge on any atom is 0.231 e. The zero-order valence-corrected chi connectivity index (χ0v) is 10.4. The molecule has 0 radical (unpaired) electrons. The standard InChI is InChI=1S/C16H13N2O/c19-16(13-6-2-1-3-7-13)12-18-11-10-17-14-8-4-5-9-15(14)18/h1-11H,12H2/q+1. The molecule has 3 rings (SSSR count). The van der Waals surface area contributed by atoms with Crippen molar-refractivity contribution in [1.29, 1.82) is 0 Å². The zero-order valence-electron chi connectivity index (χ0n) is 10.4. The fourth-order valence-electron chi connectivity index (χ4n) is 2.10. The molecule has 0 aliphatic carbocycles. The molecule has 0 bridgehead atoms. The molecule has 3 aromatic rings. The summed E-state index contributed by atoms with van der Waals surface area (Å²) in [6.07, 6.45) is 3.56. The van der Waals surface area contributed by atoms with Crippen LogP contribution < -0.4 is 4.57 Å². The second-order valence-electron chi connectivity index (χ2n) is 4.33. The average molecular weight is 249 g/mol. The highest BCUT2D eigenvalue weighted by atomic mass is 16.1. The number of Topliss-reactive ketones (excluding diaryl/α,β-unsaturated/α-hetero) is 1. The first-order valence-corrected chi connectivity index (χ1v) is 6.16. The van der Waals surface area contributed by atoms with Gasteiger partial charge in [0.1, 0.15) is 5.52 Å². The van der Waals surface area contributed by atoms with E-state index in [1.807, 2.05) is 65.4 Å². The number of fused-ring (bicyclic) bond motifs is 1. The zero-order chi connectivity index (χ0) is 13.1. The Hall–Kier alpha value is -2.55. The minimum Gasteiger partial charge on any atom is -0.287 e. The average Bonchev–Trinajstić information content (AvgIpc) is 2.48. The molecule has 3 heteroatoms. The van der Waals surface area contributed by atoms with Crippen molar-refractivity contribution in [3.63, 3.8) is 0 Å². The third-order valence-electron chi connectivity index (χ3n) is 3.06. The third-order valence-corrected chi connectivity index (χ3v) is 3.06. The predicted molar refractivity (Wildman–Crippen MR) is 72.7 cm³/mol. The Labute approximate surface area is 111 Å². The molecule has 0 unspecified atom stereocenters. The lowest BCUT2D eigenvalue weighted by atomic mass is 10.1. The second kappa shape index (κ2) is 4.98. The molecule has 2 aromatic carbocycles. The van der Waals surface area contributed by atoms with Crippen molar-refractivity contribution < 1.29 is 9.36 Å². The van der Waals surface area contributed by atoms with Gasteiger partial charge in [-0.25, -0.2) is 4.98 Å². The van der Waals surface area contributed by atoms with Gasteiger partial charge in [-0.15, -0.1) is 0 Å². The molecule has 1 heterocycles. The largest absolute Gasteiger partial charge is 0.287 e. The van der Waals surface area contributed by atoms with Gasteiger partial charge in [0.2, 0.25) is 17.8 Å². The first kappa shape index (κ1) is 11.5. The summed E-state index contributed by atoms with van der Waals surface area (Å²) < 4.78 is 1.93. The van der Waals surface area contributed by atoms with Gasteiger partial charge in [0.15, 0.2) is 6.20 Å². The number of rotatable bonds is 3. The van der Waals surface area contributed by atoms with Gasteiger partial charge in [0, 0.05) is 11.6 Å². The fraction of sp³-hybridized carbons (Fsp3) is 0.0625. The summed E-state index contributed by atoms with van der Waals surface area (Å²) in [5.41, 5.74) is 2.59. The number of benzene rings is 2. The molecule has 0 aliphatic heterocycles. The minimum absolute atomic E-state index is 0.0990. The van der Waals surface area contributed by atoms with E-state index in [0.29, 0.717) is 6.54 Å². The minimum atomic E-state index is 0.0990. The quantitative estimate of drug-likeness (QED) is 0.527. The van der Waals surface area contributed by atoms with Crippen molar-refractivity contribution >= 4 is 16.8 Å². The van der Waals surface area contributed by atoms with Crippen molar-refractivity contribution in [2.45, 2.75) is 6.54 Å². The van der Waals surface area contributed by atoms with Crippen LogP contribution in [0.15, 0.2) is 67.0 Å². The van der Waals surface area contributed by atoms with E-state index in [2.05, 4.69) is 4.98 Å². The van der Waals surface area contributed by atoms with Crippen molar-refractivity contribution in [2.75, 3.05) is 0 Å². The lowest BCUT2D eigenvalue weighted by Crippen LogP contribution is -2.38. The van der Waals surface area contributed by atoms with Gasteiger partial charge >= 0.3 is 0 Å². The molecule has 19 heavy (non-hydrogen) atoms. The second-order valence-corrected chi connectivity index (χ2v) is 4.33. The Morgan fingerprint density at radius 2 is 1.74 bits per heavy atom.